The van der Waals surface area contributed by atoms with Gasteiger partial charge in [0.05, 0.1) is 11.6 Å². The molecule has 0 saturated carbocycles. The zero-order valence-corrected chi connectivity index (χ0v) is 14.3. The summed E-state index contributed by atoms with van der Waals surface area (Å²) in [5.74, 6) is 0.434. The van der Waals surface area contributed by atoms with E-state index in [2.05, 4.69) is 0 Å². The van der Waals surface area contributed by atoms with Gasteiger partial charge in [-0.15, -0.1) is 0 Å². The summed E-state index contributed by atoms with van der Waals surface area (Å²) in [5, 5.41) is -0.0392. The number of benzene rings is 2. The normalized spacial score (nSPS) is 10.3. The Bertz CT molecular complexity index is 691. The SMILES string of the molecule is CCOc1ccc(CN(C)C(=O)COc2ccc(F)c(Cl)c2)cc1. The van der Waals surface area contributed by atoms with Gasteiger partial charge >= 0.3 is 0 Å². The molecule has 0 fully saturated rings. The Morgan fingerprint density at radius 2 is 1.79 bits per heavy atom. The van der Waals surface area contributed by atoms with Gasteiger partial charge in [0.15, 0.2) is 6.61 Å². The fraction of sp³-hybridized carbons (Fsp3) is 0.278. The van der Waals surface area contributed by atoms with E-state index in [0.717, 1.165) is 11.3 Å². The van der Waals surface area contributed by atoms with E-state index in [4.69, 9.17) is 21.1 Å². The number of hydrogen-bond donors (Lipinski definition) is 0. The molecule has 0 spiro atoms. The van der Waals surface area contributed by atoms with Crippen molar-refractivity contribution in [1.29, 1.82) is 0 Å². The van der Waals surface area contributed by atoms with Crippen molar-refractivity contribution in [2.75, 3.05) is 20.3 Å². The van der Waals surface area contributed by atoms with E-state index in [1.807, 2.05) is 31.2 Å². The predicted octanol–water partition coefficient (Wildman–Crippen LogP) is 3.92. The van der Waals surface area contributed by atoms with Crippen molar-refractivity contribution in [1.82, 2.24) is 4.90 Å². The van der Waals surface area contributed by atoms with Crippen LogP contribution in [-0.4, -0.2) is 31.1 Å². The molecule has 0 bridgehead atoms. The van der Waals surface area contributed by atoms with Crippen molar-refractivity contribution >= 4 is 17.5 Å². The first-order chi connectivity index (χ1) is 11.5. The number of amides is 1. The first-order valence-electron chi connectivity index (χ1n) is 7.53. The van der Waals surface area contributed by atoms with Gasteiger partial charge in [-0.25, -0.2) is 4.39 Å². The highest BCUT2D eigenvalue weighted by Crippen LogP contribution is 2.21. The number of ether oxygens (including phenoxy) is 2. The maximum atomic E-state index is 13.1. The van der Waals surface area contributed by atoms with Crippen LogP contribution in [0.3, 0.4) is 0 Å². The average molecular weight is 352 g/mol. The maximum absolute atomic E-state index is 13.1. The highest BCUT2D eigenvalue weighted by atomic mass is 35.5. The number of nitrogens with zero attached hydrogens (tertiary/aromatic N) is 1. The molecule has 128 valence electrons. The molecule has 2 rings (SSSR count). The minimum atomic E-state index is -0.525. The van der Waals surface area contributed by atoms with Crippen LogP contribution in [-0.2, 0) is 11.3 Å². The van der Waals surface area contributed by atoms with Gasteiger partial charge in [0.2, 0.25) is 0 Å². The monoisotopic (exact) mass is 351 g/mol. The van der Waals surface area contributed by atoms with E-state index >= 15 is 0 Å². The second-order valence-electron chi connectivity index (χ2n) is 5.19. The number of hydrogen-bond acceptors (Lipinski definition) is 3. The zero-order chi connectivity index (χ0) is 17.5. The molecular formula is C18H19ClFNO3. The van der Waals surface area contributed by atoms with Crippen LogP contribution >= 0.6 is 11.6 Å². The largest absolute Gasteiger partial charge is 0.494 e. The first kappa shape index (κ1) is 18.1. The Kier molecular flexibility index (Phi) is 6.44. The average Bonchev–Trinajstić information content (AvgIpc) is 2.57. The number of carbonyl (C=O) groups excluding carboxylic acids is 1. The van der Waals surface area contributed by atoms with Crippen LogP contribution in [0.2, 0.25) is 5.02 Å². The number of halogens is 2. The fourth-order valence-corrected chi connectivity index (χ4v) is 2.21. The fourth-order valence-electron chi connectivity index (χ4n) is 2.04. The van der Waals surface area contributed by atoms with Gasteiger partial charge in [-0.1, -0.05) is 23.7 Å². The summed E-state index contributed by atoms with van der Waals surface area (Å²) in [6, 6.07) is 11.5. The summed E-state index contributed by atoms with van der Waals surface area (Å²) in [7, 11) is 1.69. The van der Waals surface area contributed by atoms with E-state index in [-0.39, 0.29) is 17.5 Å². The molecule has 0 aliphatic rings. The quantitative estimate of drug-likeness (QED) is 0.759. The third-order valence-electron chi connectivity index (χ3n) is 3.33. The highest BCUT2D eigenvalue weighted by molar-refractivity contribution is 6.30. The second kappa shape index (κ2) is 8.55. The lowest BCUT2D eigenvalue weighted by molar-refractivity contribution is -0.132. The molecule has 0 aliphatic heterocycles. The van der Waals surface area contributed by atoms with Gasteiger partial charge in [-0.05, 0) is 36.8 Å². The summed E-state index contributed by atoms with van der Waals surface area (Å²) in [4.78, 5) is 13.7. The van der Waals surface area contributed by atoms with Gasteiger partial charge in [0, 0.05) is 19.7 Å². The molecule has 0 N–H and O–H groups in total. The van der Waals surface area contributed by atoms with Gasteiger partial charge < -0.3 is 14.4 Å². The molecule has 1 amide bonds. The summed E-state index contributed by atoms with van der Waals surface area (Å²) in [6.07, 6.45) is 0. The van der Waals surface area contributed by atoms with Crippen molar-refractivity contribution in [2.24, 2.45) is 0 Å². The van der Waals surface area contributed by atoms with Crippen LogP contribution in [0.1, 0.15) is 12.5 Å². The van der Waals surface area contributed by atoms with Gasteiger partial charge in [-0.3, -0.25) is 4.79 Å². The second-order valence-corrected chi connectivity index (χ2v) is 5.60. The van der Waals surface area contributed by atoms with Crippen LogP contribution in [0.25, 0.3) is 0 Å². The van der Waals surface area contributed by atoms with Crippen LogP contribution in [0.15, 0.2) is 42.5 Å². The highest BCUT2D eigenvalue weighted by Gasteiger charge is 2.11. The molecule has 6 heteroatoms. The number of likely N-dealkylation sites (N-methyl/N-ethyl adjacent to an activating group) is 1. The third kappa shape index (κ3) is 5.13. The Hall–Kier alpha value is -2.27. The predicted molar refractivity (Wildman–Crippen MR) is 91.0 cm³/mol. The molecule has 4 nitrogen and oxygen atoms in total. The molecule has 0 saturated heterocycles. The molecule has 0 atom stereocenters. The molecule has 0 unspecified atom stereocenters. The summed E-state index contributed by atoms with van der Waals surface area (Å²) in [6.45, 7) is 2.85. The maximum Gasteiger partial charge on any atom is 0.260 e. The van der Waals surface area contributed by atoms with Crippen molar-refractivity contribution in [2.45, 2.75) is 13.5 Å². The van der Waals surface area contributed by atoms with E-state index < -0.39 is 5.82 Å². The molecule has 0 radical (unpaired) electrons. The van der Waals surface area contributed by atoms with Gasteiger partial charge in [0.25, 0.3) is 5.91 Å². The molecule has 2 aromatic carbocycles. The van der Waals surface area contributed by atoms with Crippen molar-refractivity contribution in [3.63, 3.8) is 0 Å². The van der Waals surface area contributed by atoms with E-state index in [1.54, 1.807) is 11.9 Å². The van der Waals surface area contributed by atoms with Crippen molar-refractivity contribution < 1.29 is 18.7 Å². The first-order valence-corrected chi connectivity index (χ1v) is 7.91. The molecular weight excluding hydrogens is 333 g/mol. The number of rotatable bonds is 7. The van der Waals surface area contributed by atoms with Crippen LogP contribution in [0.4, 0.5) is 4.39 Å². The van der Waals surface area contributed by atoms with Crippen LogP contribution in [0, 0.1) is 5.82 Å². The summed E-state index contributed by atoms with van der Waals surface area (Å²) < 4.78 is 23.8. The van der Waals surface area contributed by atoms with E-state index in [1.165, 1.54) is 18.2 Å². The minimum Gasteiger partial charge on any atom is -0.494 e. The molecule has 2 aromatic rings. The Labute approximate surface area is 145 Å². The van der Waals surface area contributed by atoms with Crippen molar-refractivity contribution in [3.05, 3.63) is 58.9 Å². The van der Waals surface area contributed by atoms with E-state index in [9.17, 15) is 9.18 Å². The zero-order valence-electron chi connectivity index (χ0n) is 13.6. The van der Waals surface area contributed by atoms with Crippen LogP contribution in [0.5, 0.6) is 11.5 Å². The molecule has 0 aromatic heterocycles. The molecule has 0 aliphatic carbocycles. The Balaban J connectivity index is 1.86. The standard InChI is InChI=1S/C18H19ClFNO3/c1-3-23-14-6-4-13(5-7-14)11-21(2)18(22)12-24-15-8-9-17(20)16(19)10-15/h4-10H,3,11-12H2,1-2H3. The lowest BCUT2D eigenvalue weighted by Crippen LogP contribution is -2.30. The minimum absolute atomic E-state index is 0.0392. The van der Waals surface area contributed by atoms with E-state index in [0.29, 0.717) is 18.9 Å². The molecule has 0 heterocycles. The molecule has 24 heavy (non-hydrogen) atoms. The topological polar surface area (TPSA) is 38.8 Å². The Morgan fingerprint density at radius 1 is 1.12 bits per heavy atom. The van der Waals surface area contributed by atoms with Gasteiger partial charge in [0.1, 0.15) is 17.3 Å². The third-order valence-corrected chi connectivity index (χ3v) is 3.62. The smallest absolute Gasteiger partial charge is 0.260 e. The summed E-state index contributed by atoms with van der Waals surface area (Å²) in [5.41, 5.74) is 0.985. The van der Waals surface area contributed by atoms with Crippen LogP contribution < -0.4 is 9.47 Å². The lowest BCUT2D eigenvalue weighted by atomic mass is 10.2. The summed E-state index contributed by atoms with van der Waals surface area (Å²) >= 11 is 5.67. The van der Waals surface area contributed by atoms with Crippen molar-refractivity contribution in [3.8, 4) is 11.5 Å². The Morgan fingerprint density at radius 3 is 2.42 bits per heavy atom. The number of carbonyl (C=O) groups is 1. The lowest BCUT2D eigenvalue weighted by Gasteiger charge is -2.18. The van der Waals surface area contributed by atoms with Gasteiger partial charge in [-0.2, -0.15) is 0 Å².